The molecule has 3 aromatic rings. The molecule has 0 bridgehead atoms. The maximum Gasteiger partial charge on any atom is 0.252 e. The topological polar surface area (TPSA) is 86.8 Å². The third kappa shape index (κ3) is 3.34. The summed E-state index contributed by atoms with van der Waals surface area (Å²) in [4.78, 5) is 16.1. The summed E-state index contributed by atoms with van der Waals surface area (Å²) in [5, 5.41) is 18.0. The lowest BCUT2D eigenvalue weighted by molar-refractivity contribution is -0.605. The second kappa shape index (κ2) is 6.27. The van der Waals surface area contributed by atoms with E-state index < -0.39 is 0 Å². The van der Waals surface area contributed by atoms with Crippen LogP contribution in [0.5, 0.6) is 0 Å². The number of aromatic nitrogens is 4. The second-order valence-electron chi connectivity index (χ2n) is 5.07. The van der Waals surface area contributed by atoms with Crippen LogP contribution in [0.3, 0.4) is 0 Å². The van der Waals surface area contributed by atoms with Crippen molar-refractivity contribution >= 4 is 5.91 Å². The molecule has 1 unspecified atom stereocenters. The van der Waals surface area contributed by atoms with Gasteiger partial charge in [-0.3, -0.25) is 4.79 Å². The molecule has 1 atom stereocenters. The van der Waals surface area contributed by atoms with Crippen molar-refractivity contribution < 1.29 is 9.52 Å². The Bertz CT molecular complexity index is 782. The number of nitrogens with zero attached hydrogens (tertiary/aromatic N) is 4. The largest absolute Gasteiger partial charge is 0.619 e. The van der Waals surface area contributed by atoms with Gasteiger partial charge in [0.05, 0.1) is 17.3 Å². The van der Waals surface area contributed by atoms with Crippen LogP contribution in [0.4, 0.5) is 0 Å². The Morgan fingerprint density at radius 1 is 1.22 bits per heavy atom. The lowest BCUT2D eigenvalue weighted by Gasteiger charge is -2.14. The van der Waals surface area contributed by atoms with Gasteiger partial charge in [-0.25, -0.2) is 9.67 Å². The first-order valence-corrected chi connectivity index (χ1v) is 7.08. The number of hydrogen-bond donors (Lipinski definition) is 1. The minimum Gasteiger partial charge on any atom is -0.619 e. The Morgan fingerprint density at radius 3 is 2.52 bits per heavy atom. The molecule has 7 heteroatoms. The number of carbonyl (C=O) groups excluding carboxylic acids is 1. The van der Waals surface area contributed by atoms with Gasteiger partial charge in [0.25, 0.3) is 5.91 Å². The van der Waals surface area contributed by atoms with Crippen LogP contribution in [0.2, 0.25) is 0 Å². The Kier molecular flexibility index (Phi) is 4.01. The van der Waals surface area contributed by atoms with Crippen molar-refractivity contribution in [2.45, 2.75) is 13.0 Å². The maximum absolute atomic E-state index is 12.1. The van der Waals surface area contributed by atoms with Crippen LogP contribution in [0.1, 0.15) is 28.9 Å². The lowest BCUT2D eigenvalue weighted by atomic mass is 10.1. The molecular formula is C16H15N5O2. The van der Waals surface area contributed by atoms with Crippen molar-refractivity contribution in [2.24, 2.45) is 0 Å². The van der Waals surface area contributed by atoms with Crippen LogP contribution in [0.25, 0.3) is 5.69 Å². The van der Waals surface area contributed by atoms with E-state index in [1.54, 1.807) is 11.0 Å². The summed E-state index contributed by atoms with van der Waals surface area (Å²) in [5.74, 6) is -0.224. The zero-order chi connectivity index (χ0) is 16.2. The second-order valence-corrected chi connectivity index (χ2v) is 5.07. The monoisotopic (exact) mass is 309 g/mol. The van der Waals surface area contributed by atoms with Crippen LogP contribution in [0.15, 0.2) is 61.4 Å². The van der Waals surface area contributed by atoms with Crippen molar-refractivity contribution in [2.75, 3.05) is 0 Å². The summed E-state index contributed by atoms with van der Waals surface area (Å²) in [5.41, 5.74) is 2.31. The van der Waals surface area contributed by atoms with E-state index in [0.29, 0.717) is 10.3 Å². The molecule has 1 N–H and O–H groups in total. The first-order valence-electron chi connectivity index (χ1n) is 7.08. The van der Waals surface area contributed by atoms with Crippen LogP contribution in [0, 0.1) is 5.21 Å². The molecule has 0 saturated carbocycles. The predicted molar refractivity (Wildman–Crippen MR) is 82.6 cm³/mol. The average Bonchev–Trinajstić information content (AvgIpc) is 3.10. The highest BCUT2D eigenvalue weighted by Crippen LogP contribution is 2.15. The van der Waals surface area contributed by atoms with Gasteiger partial charge in [0.2, 0.25) is 0 Å². The fourth-order valence-electron chi connectivity index (χ4n) is 2.18. The van der Waals surface area contributed by atoms with E-state index in [0.717, 1.165) is 11.3 Å². The maximum atomic E-state index is 12.1. The Hall–Kier alpha value is -3.22. The van der Waals surface area contributed by atoms with Crippen LogP contribution in [-0.2, 0) is 0 Å². The van der Waals surface area contributed by atoms with Crippen molar-refractivity contribution in [1.29, 1.82) is 0 Å². The fraction of sp³-hybridized carbons (Fsp3) is 0.125. The third-order valence-corrected chi connectivity index (χ3v) is 3.49. The Labute approximate surface area is 132 Å². The fourth-order valence-corrected chi connectivity index (χ4v) is 2.18. The van der Waals surface area contributed by atoms with Gasteiger partial charge in [-0.05, 0) is 24.6 Å². The molecule has 1 amide bonds. The normalized spacial score (nSPS) is 11.9. The molecule has 0 aliphatic carbocycles. The highest BCUT2D eigenvalue weighted by Gasteiger charge is 2.12. The van der Waals surface area contributed by atoms with Crippen molar-refractivity contribution in [1.82, 2.24) is 20.1 Å². The van der Waals surface area contributed by atoms with Gasteiger partial charge in [-0.1, -0.05) is 12.1 Å². The molecule has 0 aliphatic heterocycles. The molecule has 2 heterocycles. The number of pyridine rings is 1. The lowest BCUT2D eigenvalue weighted by Crippen LogP contribution is -2.29. The average molecular weight is 309 g/mol. The zero-order valence-electron chi connectivity index (χ0n) is 12.5. The summed E-state index contributed by atoms with van der Waals surface area (Å²) in [6.45, 7) is 1.90. The zero-order valence-corrected chi connectivity index (χ0v) is 12.5. The van der Waals surface area contributed by atoms with E-state index in [1.165, 1.54) is 30.9 Å². The molecule has 7 nitrogen and oxygen atoms in total. The number of carbonyl (C=O) groups is 1. The summed E-state index contributed by atoms with van der Waals surface area (Å²) in [6.07, 6.45) is 5.69. The SMILES string of the molecule is CC(NC(=O)c1cc[n+]([O-])cc1)c1ccc(-n2cncn2)cc1. The van der Waals surface area contributed by atoms with E-state index in [-0.39, 0.29) is 11.9 Å². The minimum absolute atomic E-state index is 0.160. The molecule has 2 aromatic heterocycles. The van der Waals surface area contributed by atoms with Gasteiger partial charge in [0, 0.05) is 12.1 Å². The summed E-state index contributed by atoms with van der Waals surface area (Å²) in [6, 6.07) is 10.5. The van der Waals surface area contributed by atoms with Gasteiger partial charge in [-0.15, -0.1) is 0 Å². The number of nitrogens with one attached hydrogen (secondary N) is 1. The molecule has 0 radical (unpaired) electrons. The predicted octanol–water partition coefficient (Wildman–Crippen LogP) is 1.39. The molecule has 23 heavy (non-hydrogen) atoms. The molecule has 116 valence electrons. The van der Waals surface area contributed by atoms with Gasteiger partial charge in [0.15, 0.2) is 12.4 Å². The highest BCUT2D eigenvalue weighted by atomic mass is 16.5. The van der Waals surface area contributed by atoms with Gasteiger partial charge < -0.3 is 10.5 Å². The first-order chi connectivity index (χ1) is 11.1. The van der Waals surface area contributed by atoms with E-state index in [1.807, 2.05) is 31.2 Å². The summed E-state index contributed by atoms with van der Waals surface area (Å²) in [7, 11) is 0. The van der Waals surface area contributed by atoms with E-state index in [4.69, 9.17) is 0 Å². The quantitative estimate of drug-likeness (QED) is 0.583. The molecule has 1 aromatic carbocycles. The van der Waals surface area contributed by atoms with Crippen LogP contribution in [-0.4, -0.2) is 20.7 Å². The van der Waals surface area contributed by atoms with Gasteiger partial charge in [0.1, 0.15) is 12.7 Å². The molecule has 0 fully saturated rings. The van der Waals surface area contributed by atoms with Crippen molar-refractivity contribution in [3.63, 3.8) is 0 Å². The van der Waals surface area contributed by atoms with E-state index >= 15 is 0 Å². The first kappa shape index (κ1) is 14.7. The van der Waals surface area contributed by atoms with E-state index in [2.05, 4.69) is 15.4 Å². The van der Waals surface area contributed by atoms with Crippen LogP contribution < -0.4 is 10.0 Å². The van der Waals surface area contributed by atoms with E-state index in [9.17, 15) is 10.0 Å². The highest BCUT2D eigenvalue weighted by molar-refractivity contribution is 5.94. The minimum atomic E-state index is -0.224. The van der Waals surface area contributed by atoms with Gasteiger partial charge >= 0.3 is 0 Å². The van der Waals surface area contributed by atoms with Crippen LogP contribution >= 0.6 is 0 Å². The Balaban J connectivity index is 1.69. The number of benzene rings is 1. The molecule has 3 rings (SSSR count). The third-order valence-electron chi connectivity index (χ3n) is 3.49. The molecule has 0 spiro atoms. The number of amides is 1. The number of rotatable bonds is 4. The Morgan fingerprint density at radius 2 is 1.91 bits per heavy atom. The standard InChI is InChI=1S/C16H15N5O2/c1-12(19-16(22)14-6-8-20(23)9-7-14)13-2-4-15(5-3-13)21-11-17-10-18-21/h2-12H,1H3,(H,19,22). The van der Waals surface area contributed by atoms with Gasteiger partial charge in [-0.2, -0.15) is 9.83 Å². The molecule has 0 saturated heterocycles. The summed E-state index contributed by atoms with van der Waals surface area (Å²) >= 11 is 0. The number of hydrogen-bond acceptors (Lipinski definition) is 4. The van der Waals surface area contributed by atoms with Crippen molar-refractivity contribution in [3.8, 4) is 5.69 Å². The van der Waals surface area contributed by atoms with Crippen molar-refractivity contribution in [3.05, 3.63) is 77.8 Å². The molecular weight excluding hydrogens is 294 g/mol. The molecule has 0 aliphatic rings. The summed E-state index contributed by atoms with van der Waals surface area (Å²) < 4.78 is 2.30. The smallest absolute Gasteiger partial charge is 0.252 e.